The smallest absolute Gasteiger partial charge is 0.373 e. The van der Waals surface area contributed by atoms with Crippen LogP contribution >= 0.6 is 0 Å². The van der Waals surface area contributed by atoms with Gasteiger partial charge in [-0.1, -0.05) is 0 Å². The Kier molecular flexibility index (Phi) is 3.24. The van der Waals surface area contributed by atoms with Crippen molar-refractivity contribution in [2.45, 2.75) is 0 Å². The molecule has 1 aromatic carbocycles. The molecule has 0 atom stereocenters. The third kappa shape index (κ3) is 2.49. The molecule has 0 saturated carbocycles. The molecule has 0 radical (unpaired) electrons. The first-order valence-electron chi connectivity index (χ1n) is 7.44. The zero-order valence-electron chi connectivity index (χ0n) is 13.2. The summed E-state index contributed by atoms with van der Waals surface area (Å²) in [6, 6.07) is 6.94. The van der Waals surface area contributed by atoms with Crippen LogP contribution in [0, 0.1) is 0 Å². The average Bonchev–Trinajstić information content (AvgIpc) is 3.15. The van der Waals surface area contributed by atoms with Gasteiger partial charge in [0, 0.05) is 42.1 Å². The number of aryl methyl sites for hydroxylation is 1. The minimum atomic E-state index is -1.13. The summed E-state index contributed by atoms with van der Waals surface area (Å²) in [5, 5.41) is 0.827. The number of ether oxygens (including phenoxy) is 1. The SMILES string of the molecule is Cn1cc(-c2cc3nccnc3[nH]2)c2cc(C(=O)OC(N)=O)ccc21. The molecule has 4 rings (SSSR count). The molecule has 3 heterocycles. The van der Waals surface area contributed by atoms with Crippen molar-refractivity contribution in [2.75, 3.05) is 0 Å². The number of H-pyrrole nitrogens is 1. The fraction of sp³-hybridized carbons (Fsp3) is 0.0588. The average molecular weight is 335 g/mol. The van der Waals surface area contributed by atoms with E-state index in [1.54, 1.807) is 30.6 Å². The van der Waals surface area contributed by atoms with Gasteiger partial charge in [-0.3, -0.25) is 4.98 Å². The number of nitrogens with one attached hydrogen (secondary N) is 1. The number of carbonyl (C=O) groups is 2. The molecule has 0 aliphatic rings. The minimum absolute atomic E-state index is 0.242. The number of hydrogen-bond acceptors (Lipinski definition) is 5. The molecule has 8 nitrogen and oxygen atoms in total. The van der Waals surface area contributed by atoms with Crippen LogP contribution < -0.4 is 5.73 Å². The number of esters is 1. The molecule has 25 heavy (non-hydrogen) atoms. The quantitative estimate of drug-likeness (QED) is 0.431. The molecule has 0 saturated heterocycles. The molecule has 4 aromatic rings. The maximum atomic E-state index is 11.9. The van der Waals surface area contributed by atoms with Gasteiger partial charge in [0.2, 0.25) is 0 Å². The molecule has 0 bridgehead atoms. The lowest BCUT2D eigenvalue weighted by molar-refractivity contribution is 0.0638. The lowest BCUT2D eigenvalue weighted by Gasteiger charge is -2.02. The van der Waals surface area contributed by atoms with Gasteiger partial charge < -0.3 is 20.0 Å². The summed E-state index contributed by atoms with van der Waals surface area (Å²) in [4.78, 5) is 34.5. The van der Waals surface area contributed by atoms with Crippen molar-refractivity contribution in [3.63, 3.8) is 0 Å². The Balaban J connectivity index is 1.88. The van der Waals surface area contributed by atoms with Crippen LogP contribution in [0.4, 0.5) is 4.79 Å². The molecule has 0 unspecified atom stereocenters. The Morgan fingerprint density at radius 1 is 1.20 bits per heavy atom. The van der Waals surface area contributed by atoms with Gasteiger partial charge in [0.25, 0.3) is 0 Å². The number of hydrogen-bond donors (Lipinski definition) is 2. The molecule has 1 amide bonds. The van der Waals surface area contributed by atoms with E-state index < -0.39 is 12.1 Å². The van der Waals surface area contributed by atoms with E-state index in [2.05, 4.69) is 19.7 Å². The van der Waals surface area contributed by atoms with Crippen molar-refractivity contribution in [1.82, 2.24) is 19.5 Å². The normalized spacial score (nSPS) is 11.1. The van der Waals surface area contributed by atoms with Crippen LogP contribution in [0.15, 0.2) is 42.9 Å². The predicted molar refractivity (Wildman–Crippen MR) is 90.8 cm³/mol. The van der Waals surface area contributed by atoms with Crippen LogP contribution in [-0.4, -0.2) is 31.6 Å². The van der Waals surface area contributed by atoms with Crippen LogP contribution in [0.3, 0.4) is 0 Å². The number of amides is 1. The van der Waals surface area contributed by atoms with Crippen molar-refractivity contribution >= 4 is 34.1 Å². The molecule has 3 aromatic heterocycles. The lowest BCUT2D eigenvalue weighted by atomic mass is 10.1. The first-order chi connectivity index (χ1) is 12.0. The highest BCUT2D eigenvalue weighted by Crippen LogP contribution is 2.31. The third-order valence-corrected chi connectivity index (χ3v) is 3.97. The molecular formula is C17H13N5O3. The van der Waals surface area contributed by atoms with Crippen molar-refractivity contribution < 1.29 is 14.3 Å². The second kappa shape index (κ2) is 5.45. The molecule has 0 aliphatic heterocycles. The van der Waals surface area contributed by atoms with E-state index in [0.29, 0.717) is 5.65 Å². The maximum Gasteiger partial charge on any atom is 0.412 e. The number of nitrogens with zero attached hydrogens (tertiary/aromatic N) is 3. The van der Waals surface area contributed by atoms with Crippen molar-refractivity contribution in [1.29, 1.82) is 0 Å². The highest BCUT2D eigenvalue weighted by Gasteiger charge is 2.16. The standard InChI is InChI=1S/C17H13N5O3/c1-22-8-11(12-7-13-15(21-12)20-5-4-19-13)10-6-9(2-3-14(10)22)16(23)25-17(18)24/h2-8H,1H3,(H2,18,24)(H,20,21). The topological polar surface area (TPSA) is 116 Å². The van der Waals surface area contributed by atoms with Gasteiger partial charge >= 0.3 is 12.1 Å². The largest absolute Gasteiger partial charge is 0.412 e. The molecule has 0 aliphatic carbocycles. The highest BCUT2D eigenvalue weighted by atomic mass is 16.6. The summed E-state index contributed by atoms with van der Waals surface area (Å²) < 4.78 is 6.40. The van der Waals surface area contributed by atoms with E-state index in [4.69, 9.17) is 5.73 Å². The summed E-state index contributed by atoms with van der Waals surface area (Å²) in [5.74, 6) is -0.788. The monoisotopic (exact) mass is 335 g/mol. The Morgan fingerprint density at radius 2 is 2.00 bits per heavy atom. The lowest BCUT2D eigenvalue weighted by Crippen LogP contribution is -2.18. The molecule has 8 heteroatoms. The fourth-order valence-electron chi connectivity index (χ4n) is 2.88. The first kappa shape index (κ1) is 14.9. The van der Waals surface area contributed by atoms with E-state index in [-0.39, 0.29) is 5.56 Å². The second-order valence-electron chi connectivity index (χ2n) is 5.57. The summed E-state index contributed by atoms with van der Waals surface area (Å²) in [7, 11) is 1.91. The van der Waals surface area contributed by atoms with E-state index in [9.17, 15) is 9.59 Å². The predicted octanol–water partition coefficient (Wildman–Crippen LogP) is 2.35. The summed E-state index contributed by atoms with van der Waals surface area (Å²) in [5.41, 5.74) is 9.20. The minimum Gasteiger partial charge on any atom is -0.373 e. The van der Waals surface area contributed by atoms with Gasteiger partial charge in [-0.05, 0) is 24.3 Å². The Bertz CT molecular complexity index is 1110. The number of nitrogens with two attached hydrogens (primary N) is 1. The van der Waals surface area contributed by atoms with E-state index >= 15 is 0 Å². The molecule has 3 N–H and O–H groups in total. The Hall–Kier alpha value is -3.68. The van der Waals surface area contributed by atoms with Crippen LogP contribution in [0.1, 0.15) is 10.4 Å². The van der Waals surface area contributed by atoms with Crippen LogP contribution in [0.25, 0.3) is 33.3 Å². The van der Waals surface area contributed by atoms with Gasteiger partial charge in [-0.25, -0.2) is 14.6 Å². The zero-order valence-corrected chi connectivity index (χ0v) is 13.2. The number of rotatable bonds is 2. The van der Waals surface area contributed by atoms with Gasteiger partial charge in [-0.15, -0.1) is 0 Å². The summed E-state index contributed by atoms with van der Waals surface area (Å²) in [6.45, 7) is 0. The summed E-state index contributed by atoms with van der Waals surface area (Å²) in [6.07, 6.45) is 4.05. The zero-order chi connectivity index (χ0) is 17.6. The molecule has 0 spiro atoms. The third-order valence-electron chi connectivity index (χ3n) is 3.97. The van der Waals surface area contributed by atoms with Crippen LogP contribution in [0.5, 0.6) is 0 Å². The number of benzene rings is 1. The highest BCUT2D eigenvalue weighted by molar-refractivity contribution is 6.03. The fourth-order valence-corrected chi connectivity index (χ4v) is 2.88. The van der Waals surface area contributed by atoms with Crippen LogP contribution in [-0.2, 0) is 11.8 Å². The number of fused-ring (bicyclic) bond motifs is 2. The number of aromatic nitrogens is 4. The van der Waals surface area contributed by atoms with Crippen molar-refractivity contribution in [3.05, 3.63) is 48.4 Å². The van der Waals surface area contributed by atoms with Gasteiger partial charge in [-0.2, -0.15) is 0 Å². The Labute approximate surface area is 141 Å². The van der Waals surface area contributed by atoms with Crippen molar-refractivity contribution in [3.8, 4) is 11.3 Å². The first-order valence-corrected chi connectivity index (χ1v) is 7.44. The number of aromatic amines is 1. The molecule has 124 valence electrons. The Morgan fingerprint density at radius 3 is 2.76 bits per heavy atom. The van der Waals surface area contributed by atoms with Gasteiger partial charge in [0.05, 0.1) is 11.3 Å². The molecular weight excluding hydrogens is 322 g/mol. The number of primary amides is 1. The van der Waals surface area contributed by atoms with Crippen molar-refractivity contribution in [2.24, 2.45) is 12.8 Å². The maximum absolute atomic E-state index is 11.9. The van der Waals surface area contributed by atoms with Gasteiger partial charge in [0.15, 0.2) is 5.65 Å². The second-order valence-corrected chi connectivity index (χ2v) is 5.57. The van der Waals surface area contributed by atoms with Crippen LogP contribution in [0.2, 0.25) is 0 Å². The van der Waals surface area contributed by atoms with E-state index in [0.717, 1.165) is 27.7 Å². The van der Waals surface area contributed by atoms with Gasteiger partial charge in [0.1, 0.15) is 5.52 Å². The van der Waals surface area contributed by atoms with E-state index in [1.807, 2.05) is 23.9 Å². The molecule has 0 fully saturated rings. The number of carbonyl (C=O) groups excluding carboxylic acids is 2. The summed E-state index contributed by atoms with van der Waals surface area (Å²) >= 11 is 0. The van der Waals surface area contributed by atoms with E-state index in [1.165, 1.54) is 0 Å².